The molecule has 0 unspecified atom stereocenters. The highest BCUT2D eigenvalue weighted by molar-refractivity contribution is 7.97. The van der Waals surface area contributed by atoms with Gasteiger partial charge in [-0.3, -0.25) is 4.31 Å². The summed E-state index contributed by atoms with van der Waals surface area (Å²) in [6, 6.07) is 48.4. The standard InChI is InChI=1S/C43H28N4S/c1-28-32-18-12-13-23-39(32)48-47-27-31(24-25-40(47)44-28)41-33-19-8-10-21-35(33)42(36-22-11-9-20-34(36)41)43-45-37(29-14-4-2-5-15-29)26-38(46-43)30-16-6-3-7-17-30/h2-27H,1H2. The van der Waals surface area contributed by atoms with Gasteiger partial charge in [0.05, 0.1) is 17.1 Å². The molecule has 0 atom stereocenters. The summed E-state index contributed by atoms with van der Waals surface area (Å²) in [5.41, 5.74) is 9.01. The van der Waals surface area contributed by atoms with Crippen LogP contribution in [0.25, 0.3) is 66.7 Å². The number of nitrogens with zero attached hydrogens (tertiary/aromatic N) is 4. The van der Waals surface area contributed by atoms with E-state index in [9.17, 15) is 0 Å². The molecule has 0 radical (unpaired) electrons. The topological polar surface area (TPSA) is 41.4 Å². The van der Waals surface area contributed by atoms with Gasteiger partial charge in [0.25, 0.3) is 0 Å². The zero-order valence-electron chi connectivity index (χ0n) is 25.9. The number of aromatic nitrogens is 2. The van der Waals surface area contributed by atoms with E-state index in [2.05, 4.69) is 151 Å². The lowest BCUT2D eigenvalue weighted by Crippen LogP contribution is -2.18. The SMILES string of the molecule is C=C1N=C2C=CC(c3c4ccccc4c(-c4nc(-c5ccccc5)cc(-c5ccccc5)n4)c4ccccc34)=CN2Sc2ccccc21. The molecule has 0 spiro atoms. The molecule has 6 aromatic carbocycles. The van der Waals surface area contributed by atoms with Crippen LogP contribution in [0.5, 0.6) is 0 Å². The predicted molar refractivity (Wildman–Crippen MR) is 201 cm³/mol. The van der Waals surface area contributed by atoms with Crippen LogP contribution in [0, 0.1) is 0 Å². The number of amidine groups is 1. The lowest BCUT2D eigenvalue weighted by Gasteiger charge is -2.24. The summed E-state index contributed by atoms with van der Waals surface area (Å²) in [5.74, 6) is 1.56. The fourth-order valence-corrected chi connectivity index (χ4v) is 7.62. The Kier molecular flexibility index (Phi) is 6.84. The van der Waals surface area contributed by atoms with E-state index in [1.165, 1.54) is 5.56 Å². The monoisotopic (exact) mass is 632 g/mol. The van der Waals surface area contributed by atoms with Crippen LogP contribution in [0.15, 0.2) is 174 Å². The Bertz CT molecular complexity index is 2380. The number of fused-ring (bicyclic) bond motifs is 4. The highest BCUT2D eigenvalue weighted by atomic mass is 32.2. The van der Waals surface area contributed by atoms with Crippen molar-refractivity contribution in [2.75, 3.05) is 0 Å². The van der Waals surface area contributed by atoms with Crippen LogP contribution >= 0.6 is 11.9 Å². The average Bonchev–Trinajstić information content (AvgIpc) is 3.29. The average molecular weight is 633 g/mol. The highest BCUT2D eigenvalue weighted by Gasteiger charge is 2.24. The van der Waals surface area contributed by atoms with E-state index in [0.717, 1.165) is 77.2 Å². The fraction of sp³-hybridized carbons (Fsp3) is 0. The van der Waals surface area contributed by atoms with Gasteiger partial charge in [-0.1, -0.05) is 134 Å². The second-order valence-corrected chi connectivity index (χ2v) is 12.8. The third-order valence-corrected chi connectivity index (χ3v) is 9.89. The number of hydrogen-bond donors (Lipinski definition) is 0. The molecular formula is C43H28N4S. The minimum atomic E-state index is 0.704. The summed E-state index contributed by atoms with van der Waals surface area (Å²) >= 11 is 1.67. The van der Waals surface area contributed by atoms with Gasteiger partial charge in [0, 0.05) is 38.9 Å². The second kappa shape index (κ2) is 11.6. The molecule has 226 valence electrons. The van der Waals surface area contributed by atoms with E-state index in [1.807, 2.05) is 18.2 Å². The van der Waals surface area contributed by atoms with Crippen LogP contribution in [-0.2, 0) is 0 Å². The van der Waals surface area contributed by atoms with Gasteiger partial charge >= 0.3 is 0 Å². The molecule has 0 amide bonds. The highest BCUT2D eigenvalue weighted by Crippen LogP contribution is 2.44. The molecule has 2 aliphatic heterocycles. The summed E-state index contributed by atoms with van der Waals surface area (Å²) < 4.78 is 2.16. The van der Waals surface area contributed by atoms with Gasteiger partial charge in [-0.2, -0.15) is 0 Å². The molecule has 0 aliphatic carbocycles. The summed E-state index contributed by atoms with van der Waals surface area (Å²) in [4.78, 5) is 16.5. The van der Waals surface area contributed by atoms with Crippen LogP contribution in [0.4, 0.5) is 0 Å². The van der Waals surface area contributed by atoms with Crippen LogP contribution in [0.2, 0.25) is 0 Å². The zero-order valence-corrected chi connectivity index (χ0v) is 26.7. The largest absolute Gasteiger partial charge is 0.271 e. The van der Waals surface area contributed by atoms with Crippen LogP contribution in [0.3, 0.4) is 0 Å². The Labute approximate surface area is 283 Å². The van der Waals surface area contributed by atoms with Crippen molar-refractivity contribution in [3.05, 3.63) is 176 Å². The summed E-state index contributed by atoms with van der Waals surface area (Å²) in [6.07, 6.45) is 6.47. The Morgan fingerprint density at radius 2 is 1.06 bits per heavy atom. The molecule has 0 saturated carbocycles. The first kappa shape index (κ1) is 28.2. The Hall–Kier alpha value is -6.04. The van der Waals surface area contributed by atoms with Gasteiger partial charge in [0.15, 0.2) is 5.82 Å². The first-order valence-corrected chi connectivity index (χ1v) is 16.7. The predicted octanol–water partition coefficient (Wildman–Crippen LogP) is 11.1. The Morgan fingerprint density at radius 3 is 1.67 bits per heavy atom. The summed E-state index contributed by atoms with van der Waals surface area (Å²) in [7, 11) is 0. The molecule has 9 rings (SSSR count). The van der Waals surface area contributed by atoms with E-state index in [0.29, 0.717) is 5.82 Å². The number of rotatable bonds is 4. The number of allylic oxidation sites excluding steroid dienone is 2. The van der Waals surface area contributed by atoms with Gasteiger partial charge in [0.2, 0.25) is 0 Å². The smallest absolute Gasteiger partial charge is 0.161 e. The summed E-state index contributed by atoms with van der Waals surface area (Å²) in [5, 5.41) is 4.49. The van der Waals surface area contributed by atoms with Gasteiger partial charge < -0.3 is 0 Å². The quantitative estimate of drug-likeness (QED) is 0.143. The number of aliphatic imine (C=N–C) groups is 1. The van der Waals surface area contributed by atoms with Crippen molar-refractivity contribution in [3.63, 3.8) is 0 Å². The second-order valence-electron chi connectivity index (χ2n) is 11.8. The maximum absolute atomic E-state index is 5.26. The summed E-state index contributed by atoms with van der Waals surface area (Å²) in [6.45, 7) is 4.26. The normalized spacial score (nSPS) is 13.9. The molecule has 0 bridgehead atoms. The molecular weight excluding hydrogens is 605 g/mol. The molecule has 0 saturated heterocycles. The van der Waals surface area contributed by atoms with Crippen LogP contribution in [0.1, 0.15) is 11.1 Å². The van der Waals surface area contributed by atoms with E-state index in [1.54, 1.807) is 11.9 Å². The van der Waals surface area contributed by atoms with Gasteiger partial charge in [-0.15, -0.1) is 0 Å². The first-order valence-electron chi connectivity index (χ1n) is 15.9. The van der Waals surface area contributed by atoms with Crippen LogP contribution in [-0.4, -0.2) is 20.1 Å². The number of benzene rings is 6. The van der Waals surface area contributed by atoms with Crippen molar-refractivity contribution in [1.29, 1.82) is 0 Å². The zero-order chi connectivity index (χ0) is 32.0. The van der Waals surface area contributed by atoms with E-state index in [-0.39, 0.29) is 0 Å². The lowest BCUT2D eigenvalue weighted by molar-refractivity contribution is 0.932. The molecule has 1 aromatic heterocycles. The number of hydrogen-bond acceptors (Lipinski definition) is 5. The maximum atomic E-state index is 5.26. The van der Waals surface area contributed by atoms with E-state index in [4.69, 9.17) is 15.0 Å². The van der Waals surface area contributed by atoms with Crippen molar-refractivity contribution < 1.29 is 0 Å². The lowest BCUT2D eigenvalue weighted by atomic mass is 9.87. The molecule has 5 heteroatoms. The van der Waals surface area contributed by atoms with Crippen molar-refractivity contribution in [1.82, 2.24) is 14.3 Å². The maximum Gasteiger partial charge on any atom is 0.161 e. The van der Waals surface area contributed by atoms with Gasteiger partial charge in [-0.05, 0) is 63.3 Å². The van der Waals surface area contributed by atoms with E-state index < -0.39 is 0 Å². The Balaban J connectivity index is 1.28. The van der Waals surface area contributed by atoms with Crippen molar-refractivity contribution in [3.8, 4) is 33.9 Å². The minimum absolute atomic E-state index is 0.704. The first-order chi connectivity index (χ1) is 23.7. The minimum Gasteiger partial charge on any atom is -0.271 e. The fourth-order valence-electron chi connectivity index (χ4n) is 6.62. The Morgan fingerprint density at radius 1 is 0.542 bits per heavy atom. The molecule has 0 fully saturated rings. The third kappa shape index (κ3) is 4.84. The van der Waals surface area contributed by atoms with Crippen LogP contribution < -0.4 is 0 Å². The van der Waals surface area contributed by atoms with Gasteiger partial charge in [-0.25, -0.2) is 15.0 Å². The van der Waals surface area contributed by atoms with Gasteiger partial charge in [0.1, 0.15) is 5.84 Å². The molecule has 48 heavy (non-hydrogen) atoms. The van der Waals surface area contributed by atoms with Crippen molar-refractivity contribution in [2.45, 2.75) is 4.90 Å². The van der Waals surface area contributed by atoms with E-state index >= 15 is 0 Å². The van der Waals surface area contributed by atoms with Crippen molar-refractivity contribution in [2.24, 2.45) is 4.99 Å². The molecule has 2 aliphatic rings. The molecule has 3 heterocycles. The van der Waals surface area contributed by atoms with Crippen molar-refractivity contribution >= 4 is 50.6 Å². The molecule has 7 aromatic rings. The molecule has 4 nitrogen and oxygen atoms in total. The third-order valence-electron chi connectivity index (χ3n) is 8.85. The molecule has 0 N–H and O–H groups in total.